The summed E-state index contributed by atoms with van der Waals surface area (Å²) >= 11 is 0. The van der Waals surface area contributed by atoms with Gasteiger partial charge in [0.25, 0.3) is 0 Å². The first-order chi connectivity index (χ1) is 17.6. The summed E-state index contributed by atoms with van der Waals surface area (Å²) in [6, 6.07) is 10.4. The van der Waals surface area contributed by atoms with Gasteiger partial charge in [-0.25, -0.2) is 9.79 Å². The number of hydrogen-bond donors (Lipinski definition) is 3. The van der Waals surface area contributed by atoms with E-state index < -0.39 is 0 Å². The van der Waals surface area contributed by atoms with Crippen molar-refractivity contribution in [3.63, 3.8) is 0 Å². The lowest BCUT2D eigenvalue weighted by atomic mass is 9.67. The molecule has 0 aromatic heterocycles. The summed E-state index contributed by atoms with van der Waals surface area (Å²) in [6.45, 7) is 4.65. The zero-order valence-electron chi connectivity index (χ0n) is 21.1. The van der Waals surface area contributed by atoms with Crippen LogP contribution in [0.3, 0.4) is 0 Å². The van der Waals surface area contributed by atoms with Crippen LogP contribution >= 0.6 is 0 Å². The van der Waals surface area contributed by atoms with Crippen LogP contribution < -0.4 is 16.4 Å². The molecule has 1 aromatic carbocycles. The van der Waals surface area contributed by atoms with Crippen molar-refractivity contribution in [1.29, 1.82) is 0 Å². The van der Waals surface area contributed by atoms with E-state index in [9.17, 15) is 4.79 Å². The lowest BCUT2D eigenvalue weighted by molar-refractivity contribution is 0.188. The molecule has 4 N–H and O–H groups in total. The molecule has 2 aliphatic carbocycles. The molecule has 1 fully saturated rings. The minimum Gasteiger partial charge on any atom is -0.404 e. The van der Waals surface area contributed by atoms with Crippen molar-refractivity contribution < 1.29 is 4.79 Å². The summed E-state index contributed by atoms with van der Waals surface area (Å²) in [4.78, 5) is 20.0. The normalized spacial score (nSPS) is 28.4. The minimum atomic E-state index is -0.0326. The van der Waals surface area contributed by atoms with Gasteiger partial charge in [-0.15, -0.1) is 0 Å². The maximum Gasteiger partial charge on any atom is 0.318 e. The zero-order valence-corrected chi connectivity index (χ0v) is 21.1. The molecule has 1 aromatic rings. The Bertz CT molecular complexity index is 1160. The second kappa shape index (κ2) is 10.6. The van der Waals surface area contributed by atoms with Gasteiger partial charge < -0.3 is 21.3 Å². The average molecular weight is 484 g/mol. The molecule has 1 unspecified atom stereocenters. The van der Waals surface area contributed by atoms with Crippen LogP contribution in [-0.4, -0.2) is 36.3 Å². The number of hydrogen-bond acceptors (Lipinski definition) is 4. The fourth-order valence-corrected chi connectivity index (χ4v) is 6.04. The van der Waals surface area contributed by atoms with E-state index >= 15 is 0 Å². The molecule has 3 atom stereocenters. The van der Waals surface area contributed by atoms with Crippen LogP contribution in [0.4, 0.5) is 4.79 Å². The summed E-state index contributed by atoms with van der Waals surface area (Å²) in [5.41, 5.74) is 11.7. The third-order valence-electron chi connectivity index (χ3n) is 8.18. The van der Waals surface area contributed by atoms with Gasteiger partial charge in [0.05, 0.1) is 17.5 Å². The molecule has 6 nitrogen and oxygen atoms in total. The maximum atomic E-state index is 13.2. The fourth-order valence-electron chi connectivity index (χ4n) is 6.04. The van der Waals surface area contributed by atoms with E-state index in [1.807, 2.05) is 23.2 Å². The van der Waals surface area contributed by atoms with Gasteiger partial charge in [-0.05, 0) is 72.9 Å². The third-order valence-corrected chi connectivity index (χ3v) is 8.18. The summed E-state index contributed by atoms with van der Waals surface area (Å²) in [6.07, 6.45) is 19.1. The number of carbonyl (C=O) groups excluding carboxylic acids is 1. The number of benzene rings is 1. The molecule has 1 saturated carbocycles. The van der Waals surface area contributed by atoms with Gasteiger partial charge in [-0.3, -0.25) is 0 Å². The van der Waals surface area contributed by atoms with E-state index in [-0.39, 0.29) is 17.5 Å². The molecule has 188 valence electrons. The lowest BCUT2D eigenvalue weighted by Crippen LogP contribution is -2.44. The van der Waals surface area contributed by atoms with Crippen molar-refractivity contribution in [1.82, 2.24) is 15.5 Å². The number of nitrogens with two attached hydrogens (primary N) is 1. The second-order valence-electron chi connectivity index (χ2n) is 10.4. The van der Waals surface area contributed by atoms with E-state index in [0.29, 0.717) is 12.5 Å². The monoisotopic (exact) mass is 483 g/mol. The number of urea groups is 1. The highest BCUT2D eigenvalue weighted by Gasteiger charge is 2.46. The highest BCUT2D eigenvalue weighted by Crippen LogP contribution is 2.56. The SMILES string of the molecule is C[C@]12CC(=CN)C(=NC3=CNCC=C3)C=C1CC[C@@H]2CC(NC(=O)N1CC=CCC1)c1ccccc1. The molecule has 0 radical (unpaired) electrons. The molecule has 0 bridgehead atoms. The zero-order chi connectivity index (χ0) is 25.0. The van der Waals surface area contributed by atoms with Crippen molar-refractivity contribution in [2.45, 2.75) is 45.1 Å². The topological polar surface area (TPSA) is 82.7 Å². The fraction of sp³-hybridized carbons (Fsp3) is 0.400. The maximum absolute atomic E-state index is 13.2. The molecular weight excluding hydrogens is 446 g/mol. The summed E-state index contributed by atoms with van der Waals surface area (Å²) in [5, 5.41) is 6.60. The number of nitrogens with zero attached hydrogens (tertiary/aromatic N) is 2. The Morgan fingerprint density at radius 3 is 2.89 bits per heavy atom. The van der Waals surface area contributed by atoms with Crippen molar-refractivity contribution in [2.24, 2.45) is 22.1 Å². The molecule has 36 heavy (non-hydrogen) atoms. The highest BCUT2D eigenvalue weighted by atomic mass is 16.2. The number of aliphatic imine (C=N–C) groups is 1. The lowest BCUT2D eigenvalue weighted by Gasteiger charge is -2.39. The molecule has 0 saturated heterocycles. The van der Waals surface area contributed by atoms with Crippen LogP contribution in [0.5, 0.6) is 0 Å². The molecule has 0 spiro atoms. The average Bonchev–Trinajstić information content (AvgIpc) is 3.24. The molecule has 4 aliphatic rings. The van der Waals surface area contributed by atoms with Crippen LogP contribution in [-0.2, 0) is 0 Å². The van der Waals surface area contributed by atoms with Crippen molar-refractivity contribution >= 4 is 11.7 Å². The van der Waals surface area contributed by atoms with E-state index in [4.69, 9.17) is 10.7 Å². The summed E-state index contributed by atoms with van der Waals surface area (Å²) in [7, 11) is 0. The number of carbonyl (C=O) groups is 1. The van der Waals surface area contributed by atoms with Crippen LogP contribution in [0, 0.1) is 11.3 Å². The Balaban J connectivity index is 1.38. The number of allylic oxidation sites excluding steroid dienone is 4. The van der Waals surface area contributed by atoms with Crippen molar-refractivity contribution in [3.05, 3.63) is 95.5 Å². The van der Waals surface area contributed by atoms with Crippen LogP contribution in [0.1, 0.15) is 50.6 Å². The molecule has 2 aliphatic heterocycles. The minimum absolute atomic E-state index is 0.00484. The quantitative estimate of drug-likeness (QED) is 0.509. The third kappa shape index (κ3) is 5.03. The van der Waals surface area contributed by atoms with Crippen molar-refractivity contribution in [3.8, 4) is 0 Å². The molecule has 5 rings (SSSR count). The van der Waals surface area contributed by atoms with Crippen LogP contribution in [0.25, 0.3) is 0 Å². The molecular formula is C30H37N5O. The van der Waals surface area contributed by atoms with Crippen LogP contribution in [0.2, 0.25) is 0 Å². The smallest absolute Gasteiger partial charge is 0.318 e. The van der Waals surface area contributed by atoms with E-state index in [0.717, 1.165) is 67.7 Å². The van der Waals surface area contributed by atoms with Gasteiger partial charge in [-0.1, -0.05) is 61.1 Å². The van der Waals surface area contributed by atoms with Gasteiger partial charge in [-0.2, -0.15) is 0 Å². The largest absolute Gasteiger partial charge is 0.404 e. The van der Waals surface area contributed by atoms with Crippen LogP contribution in [0.15, 0.2) is 94.9 Å². The summed E-state index contributed by atoms with van der Waals surface area (Å²) in [5.74, 6) is 0.433. The standard InChI is InChI=1S/C30H37N5O/c1-30-19-23(20-31)28(33-26-11-8-14-32-21-26)18-25(30)13-12-24(30)17-27(22-9-4-2-5-10-22)34-29(36)35-15-6-3-7-16-35/h2-6,8-11,18,20-21,24,27,32H,7,12-17,19,31H2,1H3,(H,34,36)/t24-,27?,30-/m1/s1. The highest BCUT2D eigenvalue weighted by molar-refractivity contribution is 6.10. The molecule has 2 heterocycles. The molecule has 2 amide bonds. The number of nitrogens with one attached hydrogen (secondary N) is 2. The Kier molecular flexibility index (Phi) is 7.12. The van der Waals surface area contributed by atoms with Gasteiger partial charge in [0, 0.05) is 25.8 Å². The first kappa shape index (κ1) is 24.2. The van der Waals surface area contributed by atoms with E-state index in [1.54, 1.807) is 6.20 Å². The number of rotatable bonds is 5. The Morgan fingerprint density at radius 1 is 1.31 bits per heavy atom. The summed E-state index contributed by atoms with van der Waals surface area (Å²) < 4.78 is 0. The van der Waals surface area contributed by atoms with Gasteiger partial charge in [0.15, 0.2) is 0 Å². The number of dihydropyridines is 1. The first-order valence-electron chi connectivity index (χ1n) is 13.1. The molecule has 6 heteroatoms. The Morgan fingerprint density at radius 2 is 2.17 bits per heavy atom. The van der Waals surface area contributed by atoms with Gasteiger partial charge in [0.1, 0.15) is 0 Å². The van der Waals surface area contributed by atoms with Gasteiger partial charge >= 0.3 is 6.03 Å². The van der Waals surface area contributed by atoms with Crippen molar-refractivity contribution in [2.75, 3.05) is 19.6 Å². The Labute approximate surface area is 214 Å². The second-order valence-corrected chi connectivity index (χ2v) is 10.4. The Hall–Kier alpha value is -3.54. The van der Waals surface area contributed by atoms with E-state index in [1.165, 1.54) is 5.57 Å². The predicted molar refractivity (Wildman–Crippen MR) is 146 cm³/mol. The predicted octanol–water partition coefficient (Wildman–Crippen LogP) is 5.12. The van der Waals surface area contributed by atoms with E-state index in [2.05, 4.69) is 66.1 Å². The number of fused-ring (bicyclic) bond motifs is 1. The first-order valence-corrected chi connectivity index (χ1v) is 13.1. The van der Waals surface area contributed by atoms with Gasteiger partial charge in [0.2, 0.25) is 0 Å². The number of amides is 2.